The molecule has 6 atom stereocenters. The van der Waals surface area contributed by atoms with Crippen molar-refractivity contribution in [2.75, 3.05) is 0 Å². The molecule has 0 spiro atoms. The van der Waals surface area contributed by atoms with Gasteiger partial charge in [-0.05, 0) is 78.8 Å². The molecule has 6 unspecified atom stereocenters. The van der Waals surface area contributed by atoms with Crippen molar-refractivity contribution in [3.05, 3.63) is 48.1 Å². The number of fused-ring (bicyclic) bond motifs is 5. The van der Waals surface area contributed by atoms with Crippen molar-refractivity contribution in [2.45, 2.75) is 57.9 Å². The van der Waals surface area contributed by atoms with Crippen LogP contribution in [-0.4, -0.2) is 5.54 Å². The molecular weight excluding hydrogens is 278 g/mol. The van der Waals surface area contributed by atoms with Gasteiger partial charge in [-0.15, -0.1) is 6.58 Å². The van der Waals surface area contributed by atoms with Gasteiger partial charge in [-0.3, -0.25) is 0 Å². The fraction of sp³-hybridized carbons (Fsp3) is 0.636. The van der Waals surface area contributed by atoms with Crippen LogP contribution in [0.3, 0.4) is 0 Å². The molecule has 0 aliphatic heterocycles. The Hall–Kier alpha value is -1.08. The lowest BCUT2D eigenvalue weighted by molar-refractivity contribution is 0.108. The number of allylic oxidation sites excluding steroid dienone is 4. The van der Waals surface area contributed by atoms with E-state index in [1.54, 1.807) is 5.57 Å². The van der Waals surface area contributed by atoms with Crippen molar-refractivity contribution < 1.29 is 0 Å². The van der Waals surface area contributed by atoms with Crippen LogP contribution >= 0.6 is 0 Å². The molecule has 0 heterocycles. The van der Waals surface area contributed by atoms with Gasteiger partial charge in [-0.1, -0.05) is 44.2 Å². The normalized spacial score (nSPS) is 48.7. The Bertz CT molecular complexity index is 624. The van der Waals surface area contributed by atoms with E-state index in [1.165, 1.54) is 30.4 Å². The quantitative estimate of drug-likeness (QED) is 0.665. The molecule has 23 heavy (non-hydrogen) atoms. The minimum Gasteiger partial charge on any atom is -0.318 e. The summed E-state index contributed by atoms with van der Waals surface area (Å²) in [6, 6.07) is 0. The largest absolute Gasteiger partial charge is 0.318 e. The van der Waals surface area contributed by atoms with Crippen LogP contribution in [0.15, 0.2) is 48.1 Å². The van der Waals surface area contributed by atoms with Gasteiger partial charge in [-0.25, -0.2) is 0 Å². The summed E-state index contributed by atoms with van der Waals surface area (Å²) in [5.41, 5.74) is 11.5. The lowest BCUT2D eigenvalue weighted by Crippen LogP contribution is -2.53. The average Bonchev–Trinajstić information content (AvgIpc) is 2.77. The maximum atomic E-state index is 7.01. The van der Waals surface area contributed by atoms with Crippen LogP contribution in [0.25, 0.3) is 0 Å². The Kier molecular flexibility index (Phi) is 3.33. The van der Waals surface area contributed by atoms with Gasteiger partial charge in [0.05, 0.1) is 5.54 Å². The van der Waals surface area contributed by atoms with Crippen LogP contribution in [0.2, 0.25) is 0 Å². The van der Waals surface area contributed by atoms with E-state index < -0.39 is 0 Å². The van der Waals surface area contributed by atoms with Crippen LogP contribution < -0.4 is 5.73 Å². The Morgan fingerprint density at radius 2 is 2.13 bits per heavy atom. The first-order valence-corrected chi connectivity index (χ1v) is 9.41. The highest BCUT2D eigenvalue weighted by Crippen LogP contribution is 2.63. The maximum absolute atomic E-state index is 7.01. The molecule has 2 saturated carbocycles. The monoisotopic (exact) mass is 309 g/mol. The average molecular weight is 309 g/mol. The highest BCUT2D eigenvalue weighted by molar-refractivity contribution is 5.47. The van der Waals surface area contributed by atoms with Crippen molar-refractivity contribution in [2.24, 2.45) is 34.8 Å². The van der Waals surface area contributed by atoms with Crippen molar-refractivity contribution in [3.63, 3.8) is 0 Å². The van der Waals surface area contributed by atoms with Gasteiger partial charge in [-0.2, -0.15) is 0 Å². The molecule has 1 nitrogen and oxygen atoms in total. The number of rotatable bonds is 1. The predicted octanol–water partition coefficient (Wildman–Crippen LogP) is 5.16. The van der Waals surface area contributed by atoms with E-state index in [9.17, 15) is 0 Å². The fourth-order valence-corrected chi connectivity index (χ4v) is 6.60. The third kappa shape index (κ3) is 1.95. The van der Waals surface area contributed by atoms with Crippen LogP contribution in [0.4, 0.5) is 0 Å². The van der Waals surface area contributed by atoms with Crippen LogP contribution in [0, 0.1) is 29.1 Å². The first-order chi connectivity index (χ1) is 10.9. The molecule has 0 aromatic carbocycles. The van der Waals surface area contributed by atoms with Gasteiger partial charge in [0.25, 0.3) is 0 Å². The Morgan fingerprint density at radius 3 is 2.87 bits per heavy atom. The highest BCUT2D eigenvalue weighted by atomic mass is 14.8. The van der Waals surface area contributed by atoms with Crippen molar-refractivity contribution in [3.8, 4) is 0 Å². The first kappa shape index (κ1) is 15.4. The third-order valence-electron chi connectivity index (χ3n) is 7.78. The molecule has 4 aliphatic rings. The zero-order valence-corrected chi connectivity index (χ0v) is 14.8. The van der Waals surface area contributed by atoms with E-state index in [2.05, 4.69) is 45.2 Å². The van der Waals surface area contributed by atoms with Crippen molar-refractivity contribution in [1.82, 2.24) is 0 Å². The molecule has 2 N–H and O–H groups in total. The number of hydrogen-bond acceptors (Lipinski definition) is 1. The van der Waals surface area contributed by atoms with Crippen LogP contribution in [0.5, 0.6) is 0 Å². The second-order valence-electron chi connectivity index (χ2n) is 8.89. The van der Waals surface area contributed by atoms with Crippen molar-refractivity contribution in [1.29, 1.82) is 0 Å². The summed E-state index contributed by atoms with van der Waals surface area (Å²) in [4.78, 5) is 0. The fourth-order valence-electron chi connectivity index (χ4n) is 6.60. The third-order valence-corrected chi connectivity index (χ3v) is 7.78. The number of nitrogens with two attached hydrogens (primary N) is 1. The molecule has 0 saturated heterocycles. The Balaban J connectivity index is 1.76. The summed E-state index contributed by atoms with van der Waals surface area (Å²) in [5, 5.41) is 0. The minimum atomic E-state index is -0.166. The summed E-state index contributed by atoms with van der Waals surface area (Å²) >= 11 is 0. The van der Waals surface area contributed by atoms with Gasteiger partial charge in [0.2, 0.25) is 0 Å². The lowest BCUT2D eigenvalue weighted by Gasteiger charge is -2.53. The van der Waals surface area contributed by atoms with Gasteiger partial charge < -0.3 is 5.73 Å². The van der Waals surface area contributed by atoms with E-state index in [1.807, 2.05) is 0 Å². The van der Waals surface area contributed by atoms with E-state index >= 15 is 0 Å². The molecule has 0 aromatic heterocycles. The van der Waals surface area contributed by atoms with E-state index in [-0.39, 0.29) is 5.54 Å². The standard InChI is InChI=1S/C22H31N/c1-5-18-15(3)13-20-17-7-6-16-12-14(2)8-11-22(16,23)19(17)9-10-21(18,20)4/h5,9,12,15,17-18,20H,1-2,6-8,10-11,13,23H2,3-4H3. The SMILES string of the molecule is C=CC1C(C)CC2C3CCC4=CC(=C)CCC4(N)C3=CCC12C. The molecular formula is C22H31N. The van der Waals surface area contributed by atoms with Gasteiger partial charge >= 0.3 is 0 Å². The maximum Gasteiger partial charge on any atom is 0.0593 e. The second-order valence-corrected chi connectivity index (χ2v) is 8.89. The zero-order valence-electron chi connectivity index (χ0n) is 14.8. The molecule has 1 heteroatoms. The van der Waals surface area contributed by atoms with E-state index in [0.29, 0.717) is 17.3 Å². The van der Waals surface area contributed by atoms with E-state index in [4.69, 9.17) is 5.73 Å². The topological polar surface area (TPSA) is 26.0 Å². The van der Waals surface area contributed by atoms with Crippen LogP contribution in [0.1, 0.15) is 52.4 Å². The zero-order chi connectivity index (χ0) is 16.4. The summed E-state index contributed by atoms with van der Waals surface area (Å²) in [6.45, 7) is 13.3. The molecule has 2 fully saturated rings. The molecule has 4 aliphatic carbocycles. The molecule has 4 rings (SSSR count). The minimum absolute atomic E-state index is 0.166. The molecule has 0 aromatic rings. The predicted molar refractivity (Wildman–Crippen MR) is 97.9 cm³/mol. The molecule has 124 valence electrons. The first-order valence-electron chi connectivity index (χ1n) is 9.41. The molecule has 0 amide bonds. The summed E-state index contributed by atoms with van der Waals surface area (Å²) in [7, 11) is 0. The second kappa shape index (κ2) is 4.96. The van der Waals surface area contributed by atoms with Crippen LogP contribution in [-0.2, 0) is 0 Å². The van der Waals surface area contributed by atoms with Gasteiger partial charge in [0.1, 0.15) is 0 Å². The van der Waals surface area contributed by atoms with Gasteiger partial charge in [0.15, 0.2) is 0 Å². The molecule has 0 radical (unpaired) electrons. The summed E-state index contributed by atoms with van der Waals surface area (Å²) in [6.07, 6.45) is 14.2. The van der Waals surface area contributed by atoms with E-state index in [0.717, 1.165) is 31.1 Å². The van der Waals surface area contributed by atoms with Gasteiger partial charge in [0, 0.05) is 0 Å². The summed E-state index contributed by atoms with van der Waals surface area (Å²) < 4.78 is 0. The Labute approximate surface area is 141 Å². The number of hydrogen-bond donors (Lipinski definition) is 1. The lowest BCUT2D eigenvalue weighted by atomic mass is 9.53. The smallest absolute Gasteiger partial charge is 0.0593 e. The Morgan fingerprint density at radius 1 is 1.35 bits per heavy atom. The van der Waals surface area contributed by atoms with Crippen molar-refractivity contribution >= 4 is 0 Å². The molecule has 0 bridgehead atoms. The summed E-state index contributed by atoms with van der Waals surface area (Å²) in [5.74, 6) is 2.89. The highest BCUT2D eigenvalue weighted by Gasteiger charge is 2.57.